The first-order chi connectivity index (χ1) is 14.5. The van der Waals surface area contributed by atoms with E-state index in [9.17, 15) is 10.2 Å². The summed E-state index contributed by atoms with van der Waals surface area (Å²) in [5, 5.41) is 20.2. The molecule has 2 heteroatoms. The molecule has 0 heterocycles. The van der Waals surface area contributed by atoms with E-state index >= 15 is 0 Å². The van der Waals surface area contributed by atoms with Gasteiger partial charge in [0, 0.05) is 0 Å². The van der Waals surface area contributed by atoms with Crippen LogP contribution < -0.4 is 0 Å². The van der Waals surface area contributed by atoms with Crippen molar-refractivity contribution in [3.05, 3.63) is 11.6 Å². The molecule has 0 bridgehead atoms. The van der Waals surface area contributed by atoms with Crippen LogP contribution >= 0.6 is 0 Å². The Bertz CT molecular complexity index is 660. The molecule has 3 fully saturated rings. The minimum Gasteiger partial charge on any atom is -0.393 e. The minimum absolute atomic E-state index is 0.0927. The highest BCUT2D eigenvalue weighted by atomic mass is 16.3. The van der Waals surface area contributed by atoms with E-state index in [2.05, 4.69) is 26.8 Å². The van der Waals surface area contributed by atoms with Gasteiger partial charge in [-0.1, -0.05) is 58.1 Å². The van der Waals surface area contributed by atoms with Crippen LogP contribution in [0.15, 0.2) is 11.6 Å². The summed E-state index contributed by atoms with van der Waals surface area (Å²) in [7, 11) is 0. The van der Waals surface area contributed by atoms with Crippen molar-refractivity contribution >= 4 is 0 Å². The topological polar surface area (TPSA) is 40.5 Å². The van der Waals surface area contributed by atoms with Crippen molar-refractivity contribution in [1.29, 1.82) is 0 Å². The Kier molecular flexibility index (Phi) is 6.75. The van der Waals surface area contributed by atoms with Crippen molar-refractivity contribution in [2.45, 2.75) is 130 Å². The number of aliphatic hydroxyl groups excluding tert-OH is 1. The summed E-state index contributed by atoms with van der Waals surface area (Å²) in [5.41, 5.74) is 2.01. The first kappa shape index (κ1) is 23.8. The summed E-state index contributed by atoms with van der Waals surface area (Å²) >= 11 is 0. The minimum atomic E-state index is -0.502. The highest BCUT2D eigenvalue weighted by Crippen LogP contribution is 2.67. The van der Waals surface area contributed by atoms with Crippen LogP contribution in [0, 0.1) is 40.4 Å². The summed E-state index contributed by atoms with van der Waals surface area (Å²) in [4.78, 5) is 0. The third-order valence-corrected chi connectivity index (χ3v) is 10.8. The van der Waals surface area contributed by atoms with Crippen LogP contribution in [-0.2, 0) is 0 Å². The largest absolute Gasteiger partial charge is 0.393 e. The van der Waals surface area contributed by atoms with Crippen LogP contribution in [0.25, 0.3) is 0 Å². The Morgan fingerprint density at radius 2 is 1.81 bits per heavy atom. The van der Waals surface area contributed by atoms with Crippen molar-refractivity contribution in [1.82, 2.24) is 0 Å². The second-order valence-electron chi connectivity index (χ2n) is 13.3. The average molecular weight is 431 g/mol. The summed E-state index contributed by atoms with van der Waals surface area (Å²) in [6.07, 6.45) is 18.7. The lowest BCUT2D eigenvalue weighted by molar-refractivity contribution is -0.0572. The zero-order valence-electron chi connectivity index (χ0n) is 21.1. The molecule has 8 atom stereocenters. The molecule has 0 aliphatic heterocycles. The van der Waals surface area contributed by atoms with E-state index in [-0.39, 0.29) is 6.10 Å². The first-order valence-electron chi connectivity index (χ1n) is 13.6. The smallest absolute Gasteiger partial charge is 0.0591 e. The molecular formula is C29H50O2. The van der Waals surface area contributed by atoms with Gasteiger partial charge in [0.1, 0.15) is 0 Å². The molecule has 4 rings (SSSR count). The van der Waals surface area contributed by atoms with Gasteiger partial charge in [-0.2, -0.15) is 0 Å². The fraction of sp³-hybridized carbons (Fsp3) is 0.931. The normalized spacial score (nSPS) is 43.6. The fourth-order valence-electron chi connectivity index (χ4n) is 9.02. The molecule has 0 spiro atoms. The van der Waals surface area contributed by atoms with Crippen LogP contribution in [0.2, 0.25) is 0 Å². The van der Waals surface area contributed by atoms with Crippen LogP contribution in [0.1, 0.15) is 118 Å². The molecule has 31 heavy (non-hydrogen) atoms. The maximum Gasteiger partial charge on any atom is 0.0591 e. The number of aliphatic hydroxyl groups is 2. The SMILES string of the molecule is C[C@H](CCCCCC(C)(C)O)[C@H]1CCC2C3CC=C4C[C@@H](O)CC[C@]4(C)C3CC[C@@]21C. The lowest BCUT2D eigenvalue weighted by atomic mass is 9.47. The maximum atomic E-state index is 10.2. The molecule has 0 aromatic heterocycles. The van der Waals surface area contributed by atoms with Gasteiger partial charge < -0.3 is 10.2 Å². The van der Waals surface area contributed by atoms with Crippen molar-refractivity contribution < 1.29 is 10.2 Å². The predicted molar refractivity (Wildman–Crippen MR) is 130 cm³/mol. The van der Waals surface area contributed by atoms with Gasteiger partial charge in [-0.15, -0.1) is 0 Å². The van der Waals surface area contributed by atoms with E-state index in [0.717, 1.165) is 55.3 Å². The second-order valence-corrected chi connectivity index (χ2v) is 13.3. The first-order valence-corrected chi connectivity index (χ1v) is 13.6. The lowest BCUT2D eigenvalue weighted by Crippen LogP contribution is -2.50. The van der Waals surface area contributed by atoms with Crippen molar-refractivity contribution in [2.75, 3.05) is 0 Å². The molecule has 3 saturated carbocycles. The van der Waals surface area contributed by atoms with E-state index in [4.69, 9.17) is 0 Å². The number of hydrogen-bond acceptors (Lipinski definition) is 2. The molecule has 0 aromatic rings. The Morgan fingerprint density at radius 3 is 2.55 bits per heavy atom. The van der Waals surface area contributed by atoms with Gasteiger partial charge in [0.25, 0.3) is 0 Å². The lowest BCUT2D eigenvalue weighted by Gasteiger charge is -2.58. The van der Waals surface area contributed by atoms with Gasteiger partial charge in [0.05, 0.1) is 11.7 Å². The third-order valence-electron chi connectivity index (χ3n) is 10.8. The molecule has 2 N–H and O–H groups in total. The monoisotopic (exact) mass is 430 g/mol. The van der Waals surface area contributed by atoms with Crippen LogP contribution in [-0.4, -0.2) is 21.9 Å². The molecule has 0 amide bonds. The fourth-order valence-corrected chi connectivity index (χ4v) is 9.02. The van der Waals surface area contributed by atoms with Gasteiger partial charge >= 0.3 is 0 Å². The standard InChI is InChI=1S/C29H50O2/c1-20(9-7-6-8-16-27(2,3)31)24-12-13-25-23-11-10-21-19-22(30)14-17-28(21,4)26(23)15-18-29(24,25)5/h10,20,22-26,30-31H,6-9,11-19H2,1-5H3/t20-,22+,23?,24-,25?,26?,28+,29-/m1/s1. The molecule has 0 saturated heterocycles. The number of fused-ring (bicyclic) bond motifs is 5. The van der Waals surface area contributed by atoms with Crippen LogP contribution in [0.5, 0.6) is 0 Å². The zero-order valence-corrected chi connectivity index (χ0v) is 21.1. The highest BCUT2D eigenvalue weighted by molar-refractivity contribution is 5.25. The van der Waals surface area contributed by atoms with E-state index in [1.54, 1.807) is 5.57 Å². The molecule has 3 unspecified atom stereocenters. The third kappa shape index (κ3) is 4.54. The summed E-state index contributed by atoms with van der Waals surface area (Å²) in [6, 6.07) is 0. The molecule has 4 aliphatic carbocycles. The average Bonchev–Trinajstić information content (AvgIpc) is 3.04. The van der Waals surface area contributed by atoms with Gasteiger partial charge in [0.2, 0.25) is 0 Å². The maximum absolute atomic E-state index is 10.2. The Balaban J connectivity index is 1.38. The molecule has 178 valence electrons. The van der Waals surface area contributed by atoms with Crippen molar-refractivity contribution in [2.24, 2.45) is 40.4 Å². The van der Waals surface area contributed by atoms with Gasteiger partial charge in [-0.25, -0.2) is 0 Å². The molecule has 2 nitrogen and oxygen atoms in total. The Morgan fingerprint density at radius 1 is 1.03 bits per heavy atom. The van der Waals surface area contributed by atoms with Gasteiger partial charge in [-0.3, -0.25) is 0 Å². The van der Waals surface area contributed by atoms with Crippen molar-refractivity contribution in [3.63, 3.8) is 0 Å². The molecule has 0 aromatic carbocycles. The number of unbranched alkanes of at least 4 members (excludes halogenated alkanes) is 2. The molecule has 0 radical (unpaired) electrons. The summed E-state index contributed by atoms with van der Waals surface area (Å²) in [6.45, 7) is 11.6. The van der Waals surface area contributed by atoms with E-state index in [1.165, 1.54) is 57.8 Å². The Labute approximate surface area is 192 Å². The zero-order chi connectivity index (χ0) is 22.4. The van der Waals surface area contributed by atoms with E-state index < -0.39 is 5.60 Å². The summed E-state index contributed by atoms with van der Waals surface area (Å²) in [5.74, 6) is 4.39. The van der Waals surface area contributed by atoms with Crippen molar-refractivity contribution in [3.8, 4) is 0 Å². The quantitative estimate of drug-likeness (QED) is 0.329. The van der Waals surface area contributed by atoms with Crippen LogP contribution in [0.4, 0.5) is 0 Å². The number of rotatable bonds is 7. The van der Waals surface area contributed by atoms with Gasteiger partial charge in [0.15, 0.2) is 0 Å². The molecular weight excluding hydrogens is 380 g/mol. The number of hydrogen-bond donors (Lipinski definition) is 2. The second kappa shape index (κ2) is 8.79. The summed E-state index contributed by atoms with van der Waals surface area (Å²) < 4.78 is 0. The predicted octanol–water partition coefficient (Wildman–Crippen LogP) is 7.28. The van der Waals surface area contributed by atoms with E-state index in [0.29, 0.717) is 10.8 Å². The van der Waals surface area contributed by atoms with E-state index in [1.807, 2.05) is 13.8 Å². The van der Waals surface area contributed by atoms with Gasteiger partial charge in [-0.05, 0) is 112 Å². The molecule has 4 aliphatic rings. The Hall–Kier alpha value is -0.340. The number of allylic oxidation sites excluding steroid dienone is 1. The van der Waals surface area contributed by atoms with Crippen LogP contribution in [0.3, 0.4) is 0 Å². The highest BCUT2D eigenvalue weighted by Gasteiger charge is 2.59.